The van der Waals surface area contributed by atoms with E-state index in [4.69, 9.17) is 11.6 Å². The van der Waals surface area contributed by atoms with Crippen LogP contribution in [0.5, 0.6) is 0 Å². The van der Waals surface area contributed by atoms with Crippen LogP contribution in [0.15, 0.2) is 36.5 Å². The van der Waals surface area contributed by atoms with Gasteiger partial charge in [-0.05, 0) is 30.9 Å². The van der Waals surface area contributed by atoms with Crippen LogP contribution >= 0.6 is 11.6 Å². The summed E-state index contributed by atoms with van der Waals surface area (Å²) in [6.07, 6.45) is 3.65. The number of carbonyl (C=O) groups is 1. The van der Waals surface area contributed by atoms with Crippen molar-refractivity contribution < 1.29 is 4.79 Å². The van der Waals surface area contributed by atoms with Gasteiger partial charge < -0.3 is 5.32 Å². The van der Waals surface area contributed by atoms with Crippen molar-refractivity contribution in [1.82, 2.24) is 10.3 Å². The molecule has 0 aliphatic rings. The number of aromatic nitrogens is 1. The summed E-state index contributed by atoms with van der Waals surface area (Å²) >= 11 is 5.76. The number of hydrogen-bond donors (Lipinski definition) is 1. The highest BCUT2D eigenvalue weighted by Gasteiger charge is 2.09. The lowest BCUT2D eigenvalue weighted by atomic mass is 10.1. The number of nitrogens with zero attached hydrogens (tertiary/aromatic N) is 1. The Hall–Kier alpha value is -1.61. The predicted molar refractivity (Wildman–Crippen MR) is 83.2 cm³/mol. The van der Waals surface area contributed by atoms with Crippen LogP contribution in [0.25, 0.3) is 10.9 Å². The third-order valence-electron chi connectivity index (χ3n) is 3.32. The number of rotatable bonds is 6. The Bertz CT molecular complexity index is 580. The largest absolute Gasteiger partial charge is 0.352 e. The maximum Gasteiger partial charge on any atom is 0.252 e. The summed E-state index contributed by atoms with van der Waals surface area (Å²) in [7, 11) is 0. The Morgan fingerprint density at radius 3 is 2.95 bits per heavy atom. The molecule has 4 heteroatoms. The number of benzene rings is 1. The fraction of sp³-hybridized carbons (Fsp3) is 0.375. The first kappa shape index (κ1) is 14.8. The number of para-hydroxylation sites is 1. The molecule has 0 radical (unpaired) electrons. The summed E-state index contributed by atoms with van der Waals surface area (Å²) in [5, 5.41) is 3.85. The van der Waals surface area contributed by atoms with Crippen molar-refractivity contribution in [3.8, 4) is 0 Å². The topological polar surface area (TPSA) is 42.0 Å². The lowest BCUT2D eigenvalue weighted by Gasteiger charge is -2.09. The minimum Gasteiger partial charge on any atom is -0.352 e. The monoisotopic (exact) mass is 290 g/mol. The van der Waals surface area contributed by atoms with E-state index in [1.807, 2.05) is 24.3 Å². The van der Waals surface area contributed by atoms with Crippen molar-refractivity contribution in [3.05, 3.63) is 42.1 Å². The molecule has 1 amide bonds. The Labute approximate surface area is 124 Å². The quantitative estimate of drug-likeness (QED) is 0.652. The molecule has 1 aromatic heterocycles. The van der Waals surface area contributed by atoms with Crippen LogP contribution < -0.4 is 5.32 Å². The van der Waals surface area contributed by atoms with Crippen molar-refractivity contribution >= 4 is 28.4 Å². The van der Waals surface area contributed by atoms with E-state index >= 15 is 0 Å². The molecule has 1 heterocycles. The van der Waals surface area contributed by atoms with Crippen LogP contribution in [0.2, 0.25) is 0 Å². The lowest BCUT2D eigenvalue weighted by molar-refractivity contribution is 0.0954. The SMILES string of the molecule is CC(CCl)CCCNC(=O)c1ccnc2ccccc12. The van der Waals surface area contributed by atoms with Gasteiger partial charge in [0.25, 0.3) is 5.91 Å². The van der Waals surface area contributed by atoms with Gasteiger partial charge >= 0.3 is 0 Å². The van der Waals surface area contributed by atoms with E-state index in [1.165, 1.54) is 0 Å². The number of alkyl halides is 1. The lowest BCUT2D eigenvalue weighted by Crippen LogP contribution is -2.25. The number of carbonyl (C=O) groups excluding carboxylic acids is 1. The van der Waals surface area contributed by atoms with Crippen molar-refractivity contribution in [1.29, 1.82) is 0 Å². The van der Waals surface area contributed by atoms with Gasteiger partial charge in [-0.3, -0.25) is 9.78 Å². The summed E-state index contributed by atoms with van der Waals surface area (Å²) in [5.74, 6) is 1.13. The molecule has 1 atom stereocenters. The molecular formula is C16H19ClN2O. The van der Waals surface area contributed by atoms with E-state index in [0.29, 0.717) is 23.9 Å². The summed E-state index contributed by atoms with van der Waals surface area (Å²) in [6, 6.07) is 9.44. The van der Waals surface area contributed by atoms with E-state index in [2.05, 4.69) is 17.2 Å². The van der Waals surface area contributed by atoms with Crippen LogP contribution in [0.1, 0.15) is 30.1 Å². The molecule has 1 N–H and O–H groups in total. The highest BCUT2D eigenvalue weighted by molar-refractivity contribution is 6.18. The third kappa shape index (κ3) is 3.70. The van der Waals surface area contributed by atoms with E-state index in [1.54, 1.807) is 12.3 Å². The second kappa shape index (κ2) is 7.25. The fourth-order valence-corrected chi connectivity index (χ4v) is 2.27. The van der Waals surface area contributed by atoms with E-state index in [-0.39, 0.29) is 5.91 Å². The second-order valence-electron chi connectivity index (χ2n) is 5.03. The van der Waals surface area contributed by atoms with Gasteiger partial charge in [0, 0.05) is 24.0 Å². The molecule has 0 aliphatic carbocycles. The summed E-state index contributed by atoms with van der Waals surface area (Å²) in [4.78, 5) is 16.5. The second-order valence-corrected chi connectivity index (χ2v) is 5.34. The standard InChI is InChI=1S/C16H19ClN2O/c1-12(11-17)5-4-9-19-16(20)14-8-10-18-15-7-3-2-6-13(14)15/h2-3,6-8,10,12H,4-5,9,11H2,1H3,(H,19,20). The number of halogens is 1. The van der Waals surface area contributed by atoms with Gasteiger partial charge in [0.1, 0.15) is 0 Å². The highest BCUT2D eigenvalue weighted by atomic mass is 35.5. The number of nitrogens with one attached hydrogen (secondary N) is 1. The van der Waals surface area contributed by atoms with Crippen LogP contribution in [0, 0.1) is 5.92 Å². The third-order valence-corrected chi connectivity index (χ3v) is 3.84. The molecule has 2 rings (SSSR count). The Morgan fingerprint density at radius 2 is 2.15 bits per heavy atom. The average Bonchev–Trinajstić information content (AvgIpc) is 2.50. The van der Waals surface area contributed by atoms with Crippen LogP contribution in [0.4, 0.5) is 0 Å². The maximum atomic E-state index is 12.2. The van der Waals surface area contributed by atoms with Gasteiger partial charge in [-0.1, -0.05) is 25.1 Å². The van der Waals surface area contributed by atoms with Gasteiger partial charge in [0.15, 0.2) is 0 Å². The fourth-order valence-electron chi connectivity index (χ4n) is 2.12. The van der Waals surface area contributed by atoms with Crippen molar-refractivity contribution in [2.75, 3.05) is 12.4 Å². The number of fused-ring (bicyclic) bond motifs is 1. The normalized spacial score (nSPS) is 12.3. The van der Waals surface area contributed by atoms with Crippen molar-refractivity contribution in [3.63, 3.8) is 0 Å². The summed E-state index contributed by atoms with van der Waals surface area (Å²) in [6.45, 7) is 2.79. The zero-order valence-corrected chi connectivity index (χ0v) is 12.4. The zero-order chi connectivity index (χ0) is 14.4. The van der Waals surface area contributed by atoms with Gasteiger partial charge in [-0.25, -0.2) is 0 Å². The molecule has 0 fully saturated rings. The molecule has 0 aliphatic heterocycles. The molecule has 0 spiro atoms. The highest BCUT2D eigenvalue weighted by Crippen LogP contribution is 2.16. The van der Waals surface area contributed by atoms with E-state index < -0.39 is 0 Å². The zero-order valence-electron chi connectivity index (χ0n) is 11.6. The molecule has 106 valence electrons. The molecular weight excluding hydrogens is 272 g/mol. The molecule has 2 aromatic rings. The van der Waals surface area contributed by atoms with Crippen molar-refractivity contribution in [2.45, 2.75) is 19.8 Å². The Morgan fingerprint density at radius 1 is 1.35 bits per heavy atom. The molecule has 0 saturated heterocycles. The predicted octanol–water partition coefficient (Wildman–Crippen LogP) is 3.62. The van der Waals surface area contributed by atoms with Gasteiger partial charge in [0.05, 0.1) is 11.1 Å². The smallest absolute Gasteiger partial charge is 0.252 e. The number of pyridine rings is 1. The first-order chi connectivity index (χ1) is 9.72. The minimum absolute atomic E-state index is 0.0397. The summed E-state index contributed by atoms with van der Waals surface area (Å²) in [5.41, 5.74) is 1.52. The molecule has 1 unspecified atom stereocenters. The van der Waals surface area contributed by atoms with E-state index in [0.717, 1.165) is 23.7 Å². The molecule has 0 bridgehead atoms. The molecule has 0 saturated carbocycles. The number of amides is 1. The van der Waals surface area contributed by atoms with Crippen LogP contribution in [0.3, 0.4) is 0 Å². The first-order valence-electron chi connectivity index (χ1n) is 6.90. The van der Waals surface area contributed by atoms with Gasteiger partial charge in [-0.2, -0.15) is 0 Å². The number of hydrogen-bond acceptors (Lipinski definition) is 2. The van der Waals surface area contributed by atoms with Gasteiger partial charge in [-0.15, -0.1) is 11.6 Å². The molecule has 1 aromatic carbocycles. The van der Waals surface area contributed by atoms with Crippen molar-refractivity contribution in [2.24, 2.45) is 5.92 Å². The molecule has 20 heavy (non-hydrogen) atoms. The Kier molecular flexibility index (Phi) is 5.36. The molecule has 3 nitrogen and oxygen atoms in total. The maximum absolute atomic E-state index is 12.2. The van der Waals surface area contributed by atoms with Crippen LogP contribution in [-0.4, -0.2) is 23.3 Å². The van der Waals surface area contributed by atoms with E-state index in [9.17, 15) is 4.79 Å². The Balaban J connectivity index is 1.98. The minimum atomic E-state index is -0.0397. The van der Waals surface area contributed by atoms with Gasteiger partial charge in [0.2, 0.25) is 0 Å². The summed E-state index contributed by atoms with van der Waals surface area (Å²) < 4.78 is 0. The van der Waals surface area contributed by atoms with Crippen LogP contribution in [-0.2, 0) is 0 Å². The average molecular weight is 291 g/mol. The first-order valence-corrected chi connectivity index (χ1v) is 7.43.